The van der Waals surface area contributed by atoms with Crippen LogP contribution in [-0.2, 0) is 25.2 Å². The maximum absolute atomic E-state index is 14.1. The molecule has 3 rings (SSSR count). The number of nitrogens with two attached hydrogens (primary N) is 1. The average molecular weight is 385 g/mol. The van der Waals surface area contributed by atoms with Crippen molar-refractivity contribution in [2.24, 2.45) is 5.73 Å². The number of hydrogen-bond acceptors (Lipinski definition) is 5. The first-order valence-electron chi connectivity index (χ1n) is 8.87. The maximum atomic E-state index is 14.1. The lowest BCUT2D eigenvalue weighted by Crippen LogP contribution is -2.42. The van der Waals surface area contributed by atoms with Crippen LogP contribution in [0.4, 0.5) is 0 Å². The zero-order valence-corrected chi connectivity index (χ0v) is 16.2. The summed E-state index contributed by atoms with van der Waals surface area (Å²) in [4.78, 5) is 13.2. The quantitative estimate of drug-likeness (QED) is 0.428. The lowest BCUT2D eigenvalue weighted by molar-refractivity contribution is -0.145. The van der Waals surface area contributed by atoms with Crippen LogP contribution in [-0.4, -0.2) is 23.3 Å². The zero-order valence-electron chi connectivity index (χ0n) is 15.3. The van der Waals surface area contributed by atoms with Crippen LogP contribution in [0.1, 0.15) is 18.9 Å². The third-order valence-electron chi connectivity index (χ3n) is 5.02. The molecule has 0 bridgehead atoms. The van der Waals surface area contributed by atoms with Crippen molar-refractivity contribution in [1.29, 1.82) is 0 Å². The summed E-state index contributed by atoms with van der Waals surface area (Å²) in [6.45, 7) is 5.76. The van der Waals surface area contributed by atoms with Crippen LogP contribution in [0.15, 0.2) is 73.3 Å². The van der Waals surface area contributed by atoms with E-state index in [1.807, 2.05) is 36.4 Å². The molecule has 0 aliphatic heterocycles. The van der Waals surface area contributed by atoms with E-state index in [0.717, 1.165) is 5.56 Å². The predicted octanol–water partition coefficient (Wildman–Crippen LogP) is 3.40. The molecule has 3 atom stereocenters. The van der Waals surface area contributed by atoms with Gasteiger partial charge in [-0.2, -0.15) is 0 Å². The highest BCUT2D eigenvalue weighted by molar-refractivity contribution is 7.70. The lowest BCUT2D eigenvalue weighted by atomic mass is 10.2. The Morgan fingerprint density at radius 2 is 1.78 bits per heavy atom. The molecular weight excluding hydrogens is 361 g/mol. The van der Waals surface area contributed by atoms with Gasteiger partial charge in [0.05, 0.1) is 12.1 Å². The molecule has 2 N–H and O–H groups in total. The van der Waals surface area contributed by atoms with Crippen molar-refractivity contribution in [3.05, 3.63) is 78.9 Å². The van der Waals surface area contributed by atoms with Crippen LogP contribution in [0.25, 0.3) is 0 Å². The average Bonchev–Trinajstić information content (AvgIpc) is 3.36. The van der Waals surface area contributed by atoms with Gasteiger partial charge in [0.1, 0.15) is 6.61 Å². The molecule has 0 radical (unpaired) electrons. The largest absolute Gasteiger partial charge is 0.460 e. The number of carbonyl (C=O) groups excluding carboxylic acids is 1. The van der Waals surface area contributed by atoms with Gasteiger partial charge < -0.3 is 15.0 Å². The first-order valence-corrected chi connectivity index (χ1v) is 10.5. The number of carbonyl (C=O) groups is 1. The van der Waals surface area contributed by atoms with E-state index in [1.165, 1.54) is 6.08 Å². The van der Waals surface area contributed by atoms with Gasteiger partial charge in [0.2, 0.25) is 0 Å². The minimum absolute atomic E-state index is 0.0789. The molecule has 142 valence electrons. The van der Waals surface area contributed by atoms with E-state index in [2.05, 4.69) is 6.58 Å². The second-order valence-electron chi connectivity index (χ2n) is 6.65. The summed E-state index contributed by atoms with van der Waals surface area (Å²) in [6, 6.07) is 18.1. The molecule has 0 amide bonds. The van der Waals surface area contributed by atoms with Crippen LogP contribution in [0.2, 0.25) is 0 Å². The Balaban J connectivity index is 1.98. The SMILES string of the molecule is C=CC1(N)CC1(C(=O)OCc1ccccc1)P(=O)(OCC)c1ccccc1. The van der Waals surface area contributed by atoms with Crippen molar-refractivity contribution in [2.75, 3.05) is 6.61 Å². The number of rotatable bonds is 8. The normalized spacial score (nSPS) is 26.0. The number of benzene rings is 2. The number of hydrogen-bond donors (Lipinski definition) is 1. The van der Waals surface area contributed by atoms with Gasteiger partial charge in [0.25, 0.3) is 7.37 Å². The molecule has 0 saturated heterocycles. The molecule has 2 aromatic carbocycles. The van der Waals surface area contributed by atoms with Gasteiger partial charge in [0.15, 0.2) is 5.16 Å². The van der Waals surface area contributed by atoms with Crippen molar-refractivity contribution in [2.45, 2.75) is 30.6 Å². The molecule has 0 spiro atoms. The summed E-state index contributed by atoms with van der Waals surface area (Å²) in [5, 5.41) is -1.01. The molecule has 1 aliphatic carbocycles. The van der Waals surface area contributed by atoms with Gasteiger partial charge in [-0.3, -0.25) is 9.36 Å². The fourth-order valence-electron chi connectivity index (χ4n) is 3.43. The second-order valence-corrected chi connectivity index (χ2v) is 9.29. The monoisotopic (exact) mass is 385 g/mol. The van der Waals surface area contributed by atoms with E-state index in [1.54, 1.807) is 31.2 Å². The molecule has 5 nitrogen and oxygen atoms in total. The van der Waals surface area contributed by atoms with E-state index >= 15 is 0 Å². The highest BCUT2D eigenvalue weighted by Gasteiger charge is 2.80. The summed E-state index contributed by atoms with van der Waals surface area (Å²) in [7, 11) is -3.65. The summed E-state index contributed by atoms with van der Waals surface area (Å²) >= 11 is 0. The van der Waals surface area contributed by atoms with Gasteiger partial charge in [0, 0.05) is 5.30 Å². The highest BCUT2D eigenvalue weighted by atomic mass is 31.2. The molecule has 1 aliphatic rings. The van der Waals surface area contributed by atoms with Gasteiger partial charge in [-0.15, -0.1) is 6.58 Å². The minimum atomic E-state index is -3.65. The fourth-order valence-corrected chi connectivity index (χ4v) is 6.59. The first-order chi connectivity index (χ1) is 12.9. The summed E-state index contributed by atoms with van der Waals surface area (Å²) in [6.07, 6.45) is 1.65. The number of ether oxygens (including phenoxy) is 1. The zero-order chi connectivity index (χ0) is 19.5. The van der Waals surface area contributed by atoms with Crippen LogP contribution < -0.4 is 11.0 Å². The van der Waals surface area contributed by atoms with Gasteiger partial charge in [-0.25, -0.2) is 0 Å². The van der Waals surface area contributed by atoms with Crippen LogP contribution in [0, 0.1) is 0 Å². The Labute approximate surface area is 159 Å². The number of esters is 1. The third kappa shape index (κ3) is 3.16. The first kappa shape index (κ1) is 19.6. The van der Waals surface area contributed by atoms with E-state index < -0.39 is 24.0 Å². The van der Waals surface area contributed by atoms with Crippen molar-refractivity contribution in [3.63, 3.8) is 0 Å². The Morgan fingerprint density at radius 1 is 1.19 bits per heavy atom. The molecule has 2 aromatic rings. The van der Waals surface area contributed by atoms with Crippen LogP contribution >= 0.6 is 7.37 Å². The van der Waals surface area contributed by atoms with Crippen LogP contribution in [0.5, 0.6) is 0 Å². The van der Waals surface area contributed by atoms with Crippen LogP contribution in [0.3, 0.4) is 0 Å². The Kier molecular flexibility index (Phi) is 5.38. The topological polar surface area (TPSA) is 78.6 Å². The van der Waals surface area contributed by atoms with Gasteiger partial charge in [-0.1, -0.05) is 54.6 Å². The minimum Gasteiger partial charge on any atom is -0.460 e. The molecular formula is C21H24NO4P. The predicted molar refractivity (Wildman–Crippen MR) is 106 cm³/mol. The molecule has 6 heteroatoms. The lowest BCUT2D eigenvalue weighted by Gasteiger charge is -2.29. The van der Waals surface area contributed by atoms with E-state index in [4.69, 9.17) is 15.0 Å². The smallest absolute Gasteiger partial charge is 0.324 e. The summed E-state index contributed by atoms with van der Waals surface area (Å²) in [5.74, 6) is -0.616. The molecule has 1 saturated carbocycles. The van der Waals surface area contributed by atoms with E-state index in [-0.39, 0.29) is 19.6 Å². The van der Waals surface area contributed by atoms with E-state index in [9.17, 15) is 9.36 Å². The standard InChI is InChI=1S/C21H24NO4P/c1-3-20(22)16-21(20,19(23)25-15-17-11-7-5-8-12-17)27(24,26-4-2)18-13-9-6-10-14-18/h3,5-14H,1,4,15-16,22H2,2H3. The summed E-state index contributed by atoms with van der Waals surface area (Å²) in [5.41, 5.74) is 6.08. The van der Waals surface area contributed by atoms with E-state index in [0.29, 0.717) is 5.30 Å². The Morgan fingerprint density at radius 3 is 2.30 bits per heavy atom. The molecule has 0 heterocycles. The molecule has 0 aromatic heterocycles. The highest BCUT2D eigenvalue weighted by Crippen LogP contribution is 2.74. The third-order valence-corrected chi connectivity index (χ3v) is 8.38. The second kappa shape index (κ2) is 7.43. The molecule has 3 unspecified atom stereocenters. The molecule has 27 heavy (non-hydrogen) atoms. The summed E-state index contributed by atoms with van der Waals surface area (Å²) < 4.78 is 25.4. The molecule has 1 fully saturated rings. The fraction of sp³-hybridized carbons (Fsp3) is 0.286. The van der Waals surface area contributed by atoms with Crippen molar-refractivity contribution < 1.29 is 18.6 Å². The van der Waals surface area contributed by atoms with Gasteiger partial charge >= 0.3 is 5.97 Å². The Bertz CT molecular complexity index is 870. The van der Waals surface area contributed by atoms with Crippen molar-refractivity contribution in [1.82, 2.24) is 0 Å². The van der Waals surface area contributed by atoms with Crippen molar-refractivity contribution >= 4 is 18.6 Å². The van der Waals surface area contributed by atoms with Gasteiger partial charge in [-0.05, 0) is 31.0 Å². The maximum Gasteiger partial charge on any atom is 0.324 e. The Hall–Kier alpha value is -2.20. The van der Waals surface area contributed by atoms with Crippen molar-refractivity contribution in [3.8, 4) is 0 Å².